The van der Waals surface area contributed by atoms with Crippen molar-refractivity contribution in [1.82, 2.24) is 10.4 Å². The number of carbonyl (C=O) groups is 1. The fourth-order valence-electron chi connectivity index (χ4n) is 1.14. The first-order valence-electron chi connectivity index (χ1n) is 5.03. The highest BCUT2D eigenvalue weighted by molar-refractivity contribution is 5.81. The van der Waals surface area contributed by atoms with Crippen molar-refractivity contribution in [3.8, 4) is 5.75 Å². The number of ether oxygens (including phenoxy) is 1. The van der Waals surface area contributed by atoms with Crippen LogP contribution in [0.5, 0.6) is 5.75 Å². The number of pyridine rings is 1. The van der Waals surface area contributed by atoms with Crippen molar-refractivity contribution in [2.45, 2.75) is 20.8 Å². The number of hydrogen-bond acceptors (Lipinski definition) is 4. The molecule has 0 fully saturated rings. The molecule has 88 valence electrons. The summed E-state index contributed by atoms with van der Waals surface area (Å²) in [6, 6.07) is 3.61. The van der Waals surface area contributed by atoms with Gasteiger partial charge in [0, 0.05) is 6.20 Å². The van der Waals surface area contributed by atoms with Crippen LogP contribution in [0.15, 0.2) is 18.3 Å². The molecule has 3 N–H and O–H groups in total. The quantitative estimate of drug-likeness (QED) is 0.449. The Morgan fingerprint density at radius 2 is 2.31 bits per heavy atom. The summed E-state index contributed by atoms with van der Waals surface area (Å²) in [6.07, 6.45) is 1.69. The van der Waals surface area contributed by atoms with Gasteiger partial charge in [-0.3, -0.25) is 15.2 Å². The van der Waals surface area contributed by atoms with E-state index in [2.05, 4.69) is 10.4 Å². The summed E-state index contributed by atoms with van der Waals surface area (Å²) in [6.45, 7) is 5.63. The van der Waals surface area contributed by atoms with Gasteiger partial charge in [0.05, 0.1) is 11.1 Å². The maximum absolute atomic E-state index is 11.4. The Labute approximate surface area is 95.0 Å². The Balaban J connectivity index is 2.65. The van der Waals surface area contributed by atoms with Crippen LogP contribution in [0.4, 0.5) is 0 Å². The zero-order chi connectivity index (χ0) is 12.2. The first-order valence-corrected chi connectivity index (χ1v) is 5.03. The minimum Gasteiger partial charge on any atom is -0.491 e. The predicted molar refractivity (Wildman–Crippen MR) is 60.6 cm³/mol. The summed E-state index contributed by atoms with van der Waals surface area (Å²) < 4.78 is 5.55. The molecule has 16 heavy (non-hydrogen) atoms. The van der Waals surface area contributed by atoms with Crippen molar-refractivity contribution in [2.24, 2.45) is 11.3 Å². The molecule has 5 heteroatoms. The molecule has 1 aromatic rings. The van der Waals surface area contributed by atoms with Crippen molar-refractivity contribution in [1.29, 1.82) is 0 Å². The number of amides is 1. The van der Waals surface area contributed by atoms with Gasteiger partial charge in [0.1, 0.15) is 12.4 Å². The van der Waals surface area contributed by atoms with Crippen LogP contribution in [0.3, 0.4) is 0 Å². The zero-order valence-corrected chi connectivity index (χ0v) is 9.78. The van der Waals surface area contributed by atoms with Crippen molar-refractivity contribution in [3.05, 3.63) is 24.0 Å². The van der Waals surface area contributed by atoms with E-state index in [9.17, 15) is 4.79 Å². The van der Waals surface area contributed by atoms with Gasteiger partial charge in [-0.25, -0.2) is 5.84 Å². The fraction of sp³-hybridized carbons (Fsp3) is 0.455. The predicted octanol–water partition coefficient (Wildman–Crippen LogP) is 0.785. The largest absolute Gasteiger partial charge is 0.491 e. The van der Waals surface area contributed by atoms with Crippen molar-refractivity contribution >= 4 is 5.91 Å². The number of hydrogen-bond donors (Lipinski definition) is 2. The standard InChI is InChI=1S/C11H17N3O2/c1-8-9(5-4-6-13-8)16-7-11(2,3)10(15)14-12/h4-6H,7,12H2,1-3H3,(H,14,15). The molecule has 0 aliphatic rings. The van der Waals surface area contributed by atoms with E-state index in [1.54, 1.807) is 26.1 Å². The molecule has 0 saturated heterocycles. The number of nitrogens with one attached hydrogen (secondary N) is 1. The molecule has 1 heterocycles. The smallest absolute Gasteiger partial charge is 0.242 e. The summed E-state index contributed by atoms with van der Waals surface area (Å²) in [5, 5.41) is 0. The average molecular weight is 223 g/mol. The lowest BCUT2D eigenvalue weighted by Crippen LogP contribution is -2.44. The molecule has 1 aromatic heterocycles. The molecule has 1 amide bonds. The molecule has 0 aliphatic carbocycles. The lowest BCUT2D eigenvalue weighted by molar-refractivity contribution is -0.130. The van der Waals surface area contributed by atoms with Gasteiger partial charge >= 0.3 is 0 Å². The SMILES string of the molecule is Cc1ncccc1OCC(C)(C)C(=O)NN. The second-order valence-corrected chi connectivity index (χ2v) is 4.23. The molecule has 0 aromatic carbocycles. The third-order valence-corrected chi connectivity index (χ3v) is 2.29. The van der Waals surface area contributed by atoms with Crippen LogP contribution in [0.1, 0.15) is 19.5 Å². The summed E-state index contributed by atoms with van der Waals surface area (Å²) >= 11 is 0. The van der Waals surface area contributed by atoms with Crippen LogP contribution in [0.2, 0.25) is 0 Å². The molecule has 1 rings (SSSR count). The Hall–Kier alpha value is -1.62. The van der Waals surface area contributed by atoms with Crippen LogP contribution in [0, 0.1) is 12.3 Å². The number of aryl methyl sites for hydroxylation is 1. The number of aromatic nitrogens is 1. The Morgan fingerprint density at radius 1 is 1.62 bits per heavy atom. The molecule has 0 atom stereocenters. The number of rotatable bonds is 4. The summed E-state index contributed by atoms with van der Waals surface area (Å²) in [7, 11) is 0. The Morgan fingerprint density at radius 3 is 2.88 bits per heavy atom. The van der Waals surface area contributed by atoms with E-state index in [-0.39, 0.29) is 12.5 Å². The van der Waals surface area contributed by atoms with Crippen LogP contribution in [0.25, 0.3) is 0 Å². The van der Waals surface area contributed by atoms with Gasteiger partial charge in [-0.05, 0) is 32.9 Å². The number of carbonyl (C=O) groups excluding carboxylic acids is 1. The van der Waals surface area contributed by atoms with Gasteiger partial charge in [0.15, 0.2) is 0 Å². The molecule has 5 nitrogen and oxygen atoms in total. The first-order chi connectivity index (χ1) is 7.47. The van der Waals surface area contributed by atoms with Crippen molar-refractivity contribution in [3.63, 3.8) is 0 Å². The third-order valence-electron chi connectivity index (χ3n) is 2.29. The summed E-state index contributed by atoms with van der Waals surface area (Å²) in [5.41, 5.74) is 2.25. The number of nitrogens with two attached hydrogens (primary N) is 1. The first kappa shape index (κ1) is 12.4. The third kappa shape index (κ3) is 2.93. The fourth-order valence-corrected chi connectivity index (χ4v) is 1.14. The Bertz CT molecular complexity index is 377. The second-order valence-electron chi connectivity index (χ2n) is 4.23. The maximum atomic E-state index is 11.4. The van der Waals surface area contributed by atoms with Crippen LogP contribution >= 0.6 is 0 Å². The van der Waals surface area contributed by atoms with Gasteiger partial charge in [-0.15, -0.1) is 0 Å². The lowest BCUT2D eigenvalue weighted by Gasteiger charge is -2.22. The van der Waals surface area contributed by atoms with Crippen molar-refractivity contribution < 1.29 is 9.53 Å². The van der Waals surface area contributed by atoms with Gasteiger partial charge in [-0.1, -0.05) is 0 Å². The van der Waals surface area contributed by atoms with Gasteiger partial charge < -0.3 is 4.74 Å². The normalized spacial score (nSPS) is 11.0. The van der Waals surface area contributed by atoms with Crippen LogP contribution in [-0.4, -0.2) is 17.5 Å². The van der Waals surface area contributed by atoms with Crippen LogP contribution < -0.4 is 16.0 Å². The molecular weight excluding hydrogens is 206 g/mol. The molecule has 0 radical (unpaired) electrons. The van der Waals surface area contributed by atoms with Gasteiger partial charge in [0.25, 0.3) is 0 Å². The highest BCUT2D eigenvalue weighted by Crippen LogP contribution is 2.20. The maximum Gasteiger partial charge on any atom is 0.242 e. The van der Waals surface area contributed by atoms with E-state index in [1.807, 2.05) is 13.0 Å². The molecular formula is C11H17N3O2. The number of hydrazine groups is 1. The lowest BCUT2D eigenvalue weighted by atomic mass is 9.94. The van der Waals surface area contributed by atoms with Crippen LogP contribution in [-0.2, 0) is 4.79 Å². The molecule has 0 aliphatic heterocycles. The van der Waals surface area contributed by atoms with E-state index < -0.39 is 5.41 Å². The minimum atomic E-state index is -0.670. The van der Waals surface area contributed by atoms with E-state index in [0.29, 0.717) is 5.75 Å². The summed E-state index contributed by atoms with van der Waals surface area (Å²) in [4.78, 5) is 15.5. The molecule has 0 bridgehead atoms. The van der Waals surface area contributed by atoms with Crippen molar-refractivity contribution in [2.75, 3.05) is 6.61 Å². The van der Waals surface area contributed by atoms with E-state index in [4.69, 9.17) is 10.6 Å². The highest BCUT2D eigenvalue weighted by atomic mass is 16.5. The van der Waals surface area contributed by atoms with E-state index in [1.165, 1.54) is 0 Å². The topological polar surface area (TPSA) is 77.2 Å². The average Bonchev–Trinajstić information content (AvgIpc) is 2.27. The number of nitrogens with zero attached hydrogens (tertiary/aromatic N) is 1. The molecule has 0 saturated carbocycles. The highest BCUT2D eigenvalue weighted by Gasteiger charge is 2.28. The van der Waals surface area contributed by atoms with Gasteiger partial charge in [-0.2, -0.15) is 0 Å². The Kier molecular flexibility index (Phi) is 3.84. The minimum absolute atomic E-state index is 0.253. The monoisotopic (exact) mass is 223 g/mol. The molecule has 0 unspecified atom stereocenters. The summed E-state index contributed by atoms with van der Waals surface area (Å²) in [5.74, 6) is 5.51. The van der Waals surface area contributed by atoms with E-state index in [0.717, 1.165) is 5.69 Å². The van der Waals surface area contributed by atoms with Gasteiger partial charge in [0.2, 0.25) is 5.91 Å². The second kappa shape index (κ2) is 4.94. The van der Waals surface area contributed by atoms with E-state index >= 15 is 0 Å². The zero-order valence-electron chi connectivity index (χ0n) is 9.78. The molecule has 0 spiro atoms.